The van der Waals surface area contributed by atoms with Gasteiger partial charge in [-0.3, -0.25) is 9.59 Å². The van der Waals surface area contributed by atoms with Gasteiger partial charge in [0.25, 0.3) is 0 Å². The van der Waals surface area contributed by atoms with Gasteiger partial charge in [-0.05, 0) is 19.9 Å². The van der Waals surface area contributed by atoms with Crippen LogP contribution in [0.4, 0.5) is 13.2 Å². The number of likely N-dealkylation sites (N-methyl/N-ethyl adjacent to an activating group) is 1. The zero-order valence-corrected chi connectivity index (χ0v) is 11.9. The largest absolute Gasteiger partial charge is 0.406 e. The molecule has 8 heteroatoms. The number of alkyl halides is 3. The molecule has 0 aromatic rings. The van der Waals surface area contributed by atoms with Gasteiger partial charge in [0.05, 0.1) is 5.92 Å². The first-order valence-corrected chi connectivity index (χ1v) is 7.11. The third-order valence-corrected chi connectivity index (χ3v) is 4.03. The summed E-state index contributed by atoms with van der Waals surface area (Å²) < 4.78 is 37.1. The summed E-state index contributed by atoms with van der Waals surface area (Å²) in [5, 5.41) is 3.01. The molecule has 2 rings (SSSR count). The number of hydrogen-bond acceptors (Lipinski definition) is 3. The average Bonchev–Trinajstić information content (AvgIpc) is 2.95. The van der Waals surface area contributed by atoms with Crippen LogP contribution in [0.5, 0.6) is 0 Å². The fraction of sp³-hybridized carbons (Fsp3) is 0.846. The SMILES string of the molecule is CNCC1CCCN1C(=O)C1CC(=O)N(CC(F)(F)F)C1. The van der Waals surface area contributed by atoms with E-state index in [4.69, 9.17) is 0 Å². The van der Waals surface area contributed by atoms with Crippen molar-refractivity contribution in [1.29, 1.82) is 0 Å². The summed E-state index contributed by atoms with van der Waals surface area (Å²) in [6.07, 6.45) is -2.75. The second-order valence-electron chi connectivity index (χ2n) is 5.68. The number of hydrogen-bond donors (Lipinski definition) is 1. The highest BCUT2D eigenvalue weighted by molar-refractivity contribution is 5.89. The van der Waals surface area contributed by atoms with Crippen LogP contribution in [0.2, 0.25) is 0 Å². The Morgan fingerprint density at radius 3 is 2.76 bits per heavy atom. The highest BCUT2D eigenvalue weighted by Gasteiger charge is 2.43. The van der Waals surface area contributed by atoms with Crippen molar-refractivity contribution in [2.75, 3.05) is 33.2 Å². The van der Waals surface area contributed by atoms with E-state index in [0.29, 0.717) is 13.1 Å². The molecule has 0 aliphatic carbocycles. The van der Waals surface area contributed by atoms with E-state index in [1.165, 1.54) is 0 Å². The Kier molecular flexibility index (Phi) is 4.75. The third kappa shape index (κ3) is 3.87. The van der Waals surface area contributed by atoms with Crippen LogP contribution in [0.3, 0.4) is 0 Å². The Balaban J connectivity index is 1.96. The summed E-state index contributed by atoms with van der Waals surface area (Å²) >= 11 is 0. The van der Waals surface area contributed by atoms with Gasteiger partial charge in [-0.15, -0.1) is 0 Å². The number of halogens is 3. The molecule has 2 fully saturated rings. The van der Waals surface area contributed by atoms with Crippen molar-refractivity contribution in [3.8, 4) is 0 Å². The van der Waals surface area contributed by atoms with Gasteiger partial charge < -0.3 is 15.1 Å². The maximum Gasteiger partial charge on any atom is 0.406 e. The van der Waals surface area contributed by atoms with E-state index in [1.807, 2.05) is 0 Å². The van der Waals surface area contributed by atoms with Crippen molar-refractivity contribution in [1.82, 2.24) is 15.1 Å². The number of nitrogens with one attached hydrogen (secondary N) is 1. The first kappa shape index (κ1) is 16.1. The van der Waals surface area contributed by atoms with E-state index >= 15 is 0 Å². The molecule has 2 atom stereocenters. The molecule has 2 aliphatic rings. The molecular weight excluding hydrogens is 287 g/mol. The third-order valence-electron chi connectivity index (χ3n) is 4.03. The molecule has 0 aromatic carbocycles. The van der Waals surface area contributed by atoms with Crippen molar-refractivity contribution in [3.63, 3.8) is 0 Å². The fourth-order valence-electron chi connectivity index (χ4n) is 3.12. The summed E-state index contributed by atoms with van der Waals surface area (Å²) in [7, 11) is 1.80. The van der Waals surface area contributed by atoms with Gasteiger partial charge >= 0.3 is 6.18 Å². The van der Waals surface area contributed by atoms with Crippen LogP contribution < -0.4 is 5.32 Å². The summed E-state index contributed by atoms with van der Waals surface area (Å²) in [6, 6.07) is 0.0780. The standard InChI is InChI=1S/C13H20F3N3O2/c1-17-6-10-3-2-4-19(10)12(21)9-5-11(20)18(7-9)8-13(14,15)16/h9-10,17H,2-8H2,1H3. The molecule has 21 heavy (non-hydrogen) atoms. The second-order valence-corrected chi connectivity index (χ2v) is 5.68. The van der Waals surface area contributed by atoms with E-state index in [1.54, 1.807) is 11.9 Å². The van der Waals surface area contributed by atoms with E-state index in [-0.39, 0.29) is 24.9 Å². The number of nitrogens with zero attached hydrogens (tertiary/aromatic N) is 2. The van der Waals surface area contributed by atoms with Gasteiger partial charge in [0.15, 0.2) is 0 Å². The van der Waals surface area contributed by atoms with Crippen LogP contribution >= 0.6 is 0 Å². The molecule has 2 unspecified atom stereocenters. The van der Waals surface area contributed by atoms with Gasteiger partial charge in [-0.25, -0.2) is 0 Å². The van der Waals surface area contributed by atoms with E-state index in [9.17, 15) is 22.8 Å². The number of likely N-dealkylation sites (tertiary alicyclic amines) is 2. The first-order chi connectivity index (χ1) is 9.81. The van der Waals surface area contributed by atoms with E-state index < -0.39 is 24.5 Å². The molecule has 2 heterocycles. The summed E-state index contributed by atoms with van der Waals surface area (Å²) in [5.41, 5.74) is 0. The Hall–Kier alpha value is -1.31. The second kappa shape index (κ2) is 6.21. The fourth-order valence-corrected chi connectivity index (χ4v) is 3.12. The van der Waals surface area contributed by atoms with Crippen molar-refractivity contribution in [2.45, 2.75) is 31.5 Å². The van der Waals surface area contributed by atoms with Gasteiger partial charge in [0, 0.05) is 32.1 Å². The van der Waals surface area contributed by atoms with Crippen LogP contribution in [-0.2, 0) is 9.59 Å². The van der Waals surface area contributed by atoms with Gasteiger partial charge in [0.2, 0.25) is 11.8 Å². The molecule has 1 N–H and O–H groups in total. The molecule has 0 aromatic heterocycles. The normalized spacial score (nSPS) is 26.8. The minimum atomic E-state index is -4.42. The quantitative estimate of drug-likeness (QED) is 0.828. The lowest BCUT2D eigenvalue weighted by Gasteiger charge is -2.27. The Bertz CT molecular complexity index is 414. The van der Waals surface area contributed by atoms with Gasteiger partial charge in [-0.2, -0.15) is 13.2 Å². The minimum absolute atomic E-state index is 0.0780. The Morgan fingerprint density at radius 1 is 1.43 bits per heavy atom. The van der Waals surface area contributed by atoms with Crippen molar-refractivity contribution in [3.05, 3.63) is 0 Å². The first-order valence-electron chi connectivity index (χ1n) is 7.11. The lowest BCUT2D eigenvalue weighted by Crippen LogP contribution is -2.44. The van der Waals surface area contributed by atoms with E-state index in [0.717, 1.165) is 17.7 Å². The summed E-state index contributed by atoms with van der Waals surface area (Å²) in [4.78, 5) is 26.5. The number of carbonyl (C=O) groups excluding carboxylic acids is 2. The number of carbonyl (C=O) groups is 2. The zero-order chi connectivity index (χ0) is 15.6. The molecule has 0 spiro atoms. The van der Waals surface area contributed by atoms with Crippen LogP contribution in [0, 0.1) is 5.92 Å². The van der Waals surface area contributed by atoms with Crippen LogP contribution in [0.1, 0.15) is 19.3 Å². The molecule has 0 bridgehead atoms. The highest BCUT2D eigenvalue weighted by Crippen LogP contribution is 2.27. The smallest absolute Gasteiger partial charge is 0.338 e. The van der Waals surface area contributed by atoms with Crippen molar-refractivity contribution >= 4 is 11.8 Å². The highest BCUT2D eigenvalue weighted by atomic mass is 19.4. The van der Waals surface area contributed by atoms with E-state index in [2.05, 4.69) is 5.32 Å². The Morgan fingerprint density at radius 2 is 2.14 bits per heavy atom. The lowest BCUT2D eigenvalue weighted by atomic mass is 10.1. The monoisotopic (exact) mass is 307 g/mol. The van der Waals surface area contributed by atoms with Crippen molar-refractivity contribution in [2.24, 2.45) is 5.92 Å². The molecule has 2 amide bonds. The van der Waals surface area contributed by atoms with Crippen LogP contribution in [0.25, 0.3) is 0 Å². The number of rotatable bonds is 4. The number of amides is 2. The topological polar surface area (TPSA) is 52.7 Å². The minimum Gasteiger partial charge on any atom is -0.338 e. The predicted octanol–water partition coefficient (Wildman–Crippen LogP) is 0.608. The maximum atomic E-state index is 12.4. The molecular formula is C13H20F3N3O2. The van der Waals surface area contributed by atoms with Gasteiger partial charge in [0.1, 0.15) is 6.54 Å². The molecule has 2 saturated heterocycles. The lowest BCUT2D eigenvalue weighted by molar-refractivity contribution is -0.157. The molecule has 120 valence electrons. The molecule has 5 nitrogen and oxygen atoms in total. The molecule has 0 saturated carbocycles. The molecule has 0 radical (unpaired) electrons. The van der Waals surface area contributed by atoms with Crippen LogP contribution in [-0.4, -0.2) is 67.1 Å². The summed E-state index contributed by atoms with van der Waals surface area (Å²) in [5.74, 6) is -1.42. The summed E-state index contributed by atoms with van der Waals surface area (Å²) in [6.45, 7) is -0.108. The maximum absolute atomic E-state index is 12.4. The van der Waals surface area contributed by atoms with Gasteiger partial charge in [-0.1, -0.05) is 0 Å². The predicted molar refractivity (Wildman–Crippen MR) is 69.4 cm³/mol. The zero-order valence-electron chi connectivity index (χ0n) is 11.9. The Labute approximate surface area is 121 Å². The molecule has 2 aliphatic heterocycles. The van der Waals surface area contributed by atoms with Crippen molar-refractivity contribution < 1.29 is 22.8 Å². The van der Waals surface area contributed by atoms with Crippen LogP contribution in [0.15, 0.2) is 0 Å². The average molecular weight is 307 g/mol.